The molecule has 1 aliphatic rings. The number of benzene rings is 3. The van der Waals surface area contributed by atoms with Crippen molar-refractivity contribution in [3.8, 4) is 11.5 Å². The minimum absolute atomic E-state index is 0.112. The predicted molar refractivity (Wildman–Crippen MR) is 117 cm³/mol. The predicted octanol–water partition coefficient (Wildman–Crippen LogP) is 5.61. The molecular weight excluding hydrogens is 475 g/mol. The van der Waals surface area contributed by atoms with Gasteiger partial charge in [-0.25, -0.2) is 0 Å². The summed E-state index contributed by atoms with van der Waals surface area (Å²) in [6.45, 7) is 0.332. The second kappa shape index (κ2) is 9.26. The summed E-state index contributed by atoms with van der Waals surface area (Å²) in [6.07, 6.45) is -4.96. The average Bonchev–Trinajstić information content (AvgIpc) is 3.09. The van der Waals surface area contributed by atoms with Crippen molar-refractivity contribution in [2.75, 3.05) is 4.90 Å². The second-order valence-corrected chi connectivity index (χ2v) is 7.91. The third-order valence-corrected chi connectivity index (χ3v) is 5.48. The first-order valence-corrected chi connectivity index (χ1v) is 10.4. The zero-order valence-corrected chi connectivity index (χ0v) is 18.2. The van der Waals surface area contributed by atoms with Crippen LogP contribution in [0.4, 0.5) is 18.9 Å². The molecule has 0 atom stereocenters. The number of ether oxygens (including phenoxy) is 2. The number of rotatable bonds is 7. The summed E-state index contributed by atoms with van der Waals surface area (Å²) in [6, 6.07) is 15.0. The molecule has 0 bridgehead atoms. The highest BCUT2D eigenvalue weighted by atomic mass is 35.5. The number of anilines is 1. The van der Waals surface area contributed by atoms with Gasteiger partial charge in [-0.1, -0.05) is 29.8 Å². The van der Waals surface area contributed by atoms with Crippen LogP contribution in [0, 0.1) is 0 Å². The lowest BCUT2D eigenvalue weighted by atomic mass is 10.0. The maximum absolute atomic E-state index is 12.9. The van der Waals surface area contributed by atoms with Crippen LogP contribution < -0.4 is 14.4 Å². The van der Waals surface area contributed by atoms with E-state index < -0.39 is 12.3 Å². The number of carbonyl (C=O) groups excluding carboxylic acids is 1. The lowest BCUT2D eigenvalue weighted by molar-refractivity contribution is -0.274. The Morgan fingerprint density at radius 1 is 1.09 bits per heavy atom. The summed E-state index contributed by atoms with van der Waals surface area (Å²) >= 11 is 6.21. The van der Waals surface area contributed by atoms with Gasteiger partial charge in [0.25, 0.3) is 5.91 Å². The number of hydrogen-bond donors (Lipinski definition) is 1. The van der Waals surface area contributed by atoms with E-state index in [4.69, 9.17) is 21.4 Å². The molecule has 0 aliphatic carbocycles. The molecule has 34 heavy (non-hydrogen) atoms. The normalized spacial score (nSPS) is 13.1. The number of carboxylic acid groups (broad SMARTS) is 1. The van der Waals surface area contributed by atoms with Crippen LogP contribution in [0.15, 0.2) is 60.7 Å². The van der Waals surface area contributed by atoms with Crippen molar-refractivity contribution in [1.29, 1.82) is 0 Å². The number of hydrogen-bond acceptors (Lipinski definition) is 4. The first kappa shape index (κ1) is 23.4. The van der Waals surface area contributed by atoms with Crippen LogP contribution in [0.5, 0.6) is 11.5 Å². The Kier molecular flexibility index (Phi) is 6.39. The van der Waals surface area contributed by atoms with Crippen LogP contribution in [0.1, 0.15) is 27.0 Å². The first-order chi connectivity index (χ1) is 16.1. The highest BCUT2D eigenvalue weighted by molar-refractivity contribution is 6.32. The second-order valence-electron chi connectivity index (χ2n) is 7.50. The number of amides is 1. The zero-order valence-electron chi connectivity index (χ0n) is 17.4. The molecule has 4 rings (SSSR count). The average molecular weight is 492 g/mol. The fourth-order valence-corrected chi connectivity index (χ4v) is 3.93. The molecule has 10 heteroatoms. The van der Waals surface area contributed by atoms with E-state index in [1.165, 1.54) is 23.1 Å². The highest BCUT2D eigenvalue weighted by Gasteiger charge is 2.32. The molecule has 176 valence electrons. The molecule has 1 N–H and O–H groups in total. The topological polar surface area (TPSA) is 76.1 Å². The summed E-state index contributed by atoms with van der Waals surface area (Å²) in [5.41, 5.74) is 2.93. The van der Waals surface area contributed by atoms with Crippen LogP contribution in [0.25, 0.3) is 0 Å². The van der Waals surface area contributed by atoms with Crippen molar-refractivity contribution < 1.29 is 37.3 Å². The Labute approximate surface area is 197 Å². The summed E-state index contributed by atoms with van der Waals surface area (Å²) in [5, 5.41) is 9.16. The van der Waals surface area contributed by atoms with Crippen molar-refractivity contribution in [2.24, 2.45) is 0 Å². The number of alkyl halides is 3. The third kappa shape index (κ3) is 5.26. The SMILES string of the molecule is O=C(O)Cc1ccc(OCc2cccc3c2CN(c2ccc(OC(F)(F)F)cc2)C3=O)c(Cl)c1. The van der Waals surface area contributed by atoms with Gasteiger partial charge in [0.15, 0.2) is 0 Å². The van der Waals surface area contributed by atoms with Crippen molar-refractivity contribution >= 4 is 29.2 Å². The number of aliphatic carboxylic acids is 1. The van der Waals surface area contributed by atoms with Crippen molar-refractivity contribution in [3.63, 3.8) is 0 Å². The molecule has 3 aromatic rings. The van der Waals surface area contributed by atoms with E-state index in [2.05, 4.69) is 4.74 Å². The molecule has 0 spiro atoms. The third-order valence-electron chi connectivity index (χ3n) is 5.18. The molecule has 0 fully saturated rings. The van der Waals surface area contributed by atoms with Gasteiger partial charge in [-0.15, -0.1) is 13.2 Å². The molecule has 1 heterocycles. The maximum atomic E-state index is 12.9. The number of carboxylic acids is 1. The van der Waals surface area contributed by atoms with E-state index in [9.17, 15) is 22.8 Å². The summed E-state index contributed by atoms with van der Waals surface area (Å²) in [7, 11) is 0. The number of halogens is 4. The van der Waals surface area contributed by atoms with Gasteiger partial charge < -0.3 is 19.5 Å². The van der Waals surface area contributed by atoms with Gasteiger partial charge in [-0.05, 0) is 59.2 Å². The van der Waals surface area contributed by atoms with Crippen LogP contribution in [0.2, 0.25) is 5.02 Å². The van der Waals surface area contributed by atoms with Crippen molar-refractivity contribution in [3.05, 3.63) is 87.9 Å². The molecule has 0 saturated heterocycles. The fourth-order valence-electron chi connectivity index (χ4n) is 3.67. The van der Waals surface area contributed by atoms with Crippen LogP contribution in [-0.4, -0.2) is 23.3 Å². The number of carbonyl (C=O) groups is 2. The van der Waals surface area contributed by atoms with Crippen LogP contribution >= 0.6 is 11.6 Å². The first-order valence-electron chi connectivity index (χ1n) is 10.0. The summed E-state index contributed by atoms with van der Waals surface area (Å²) in [4.78, 5) is 25.2. The van der Waals surface area contributed by atoms with Gasteiger partial charge in [0.05, 0.1) is 18.0 Å². The molecular formula is C24H17ClF3NO5. The standard InChI is InChI=1S/C24H17ClF3NO5/c25-20-10-14(11-22(30)31)4-9-21(20)33-13-15-2-1-3-18-19(15)12-29(23(18)32)16-5-7-17(8-6-16)34-24(26,27)28/h1-10H,11-13H2,(H,30,31). The van der Waals surface area contributed by atoms with Gasteiger partial charge >= 0.3 is 12.3 Å². The molecule has 0 aromatic heterocycles. The monoisotopic (exact) mass is 491 g/mol. The Balaban J connectivity index is 1.49. The molecule has 0 radical (unpaired) electrons. The van der Waals surface area contributed by atoms with E-state index in [-0.39, 0.29) is 36.3 Å². The molecule has 1 aliphatic heterocycles. The molecule has 1 amide bonds. The molecule has 0 unspecified atom stereocenters. The van der Waals surface area contributed by atoms with E-state index in [0.29, 0.717) is 22.6 Å². The van der Waals surface area contributed by atoms with Gasteiger partial charge in [-0.2, -0.15) is 0 Å². The Bertz CT molecular complexity index is 1240. The largest absolute Gasteiger partial charge is 0.573 e. The van der Waals surface area contributed by atoms with Gasteiger partial charge in [0.1, 0.15) is 18.1 Å². The highest BCUT2D eigenvalue weighted by Crippen LogP contribution is 2.33. The molecule has 3 aromatic carbocycles. The quantitative estimate of drug-likeness (QED) is 0.465. The lowest BCUT2D eigenvalue weighted by Gasteiger charge is -2.17. The van der Waals surface area contributed by atoms with Crippen LogP contribution in [-0.2, 0) is 24.4 Å². The molecule has 6 nitrogen and oxygen atoms in total. The van der Waals surface area contributed by atoms with Crippen LogP contribution in [0.3, 0.4) is 0 Å². The van der Waals surface area contributed by atoms with E-state index in [1.807, 2.05) is 6.07 Å². The van der Waals surface area contributed by atoms with E-state index >= 15 is 0 Å². The summed E-state index contributed by atoms with van der Waals surface area (Å²) < 4.78 is 46.9. The number of nitrogens with zero attached hydrogens (tertiary/aromatic N) is 1. The van der Waals surface area contributed by atoms with Gasteiger partial charge in [0, 0.05) is 11.3 Å². The van der Waals surface area contributed by atoms with Gasteiger partial charge in [-0.3, -0.25) is 9.59 Å². The van der Waals surface area contributed by atoms with Gasteiger partial charge in [0.2, 0.25) is 0 Å². The minimum Gasteiger partial charge on any atom is -0.487 e. The van der Waals surface area contributed by atoms with Crippen molar-refractivity contribution in [1.82, 2.24) is 0 Å². The van der Waals surface area contributed by atoms with Crippen molar-refractivity contribution in [2.45, 2.75) is 25.9 Å². The van der Waals surface area contributed by atoms with E-state index in [1.54, 1.807) is 24.3 Å². The number of fused-ring (bicyclic) bond motifs is 1. The Morgan fingerprint density at radius 2 is 1.82 bits per heavy atom. The molecule has 0 saturated carbocycles. The maximum Gasteiger partial charge on any atom is 0.573 e. The fraction of sp³-hybridized carbons (Fsp3) is 0.167. The Morgan fingerprint density at radius 3 is 2.47 bits per heavy atom. The lowest BCUT2D eigenvalue weighted by Crippen LogP contribution is -2.23. The Hall–Kier alpha value is -3.72. The van der Waals surface area contributed by atoms with E-state index in [0.717, 1.165) is 23.3 Å². The minimum atomic E-state index is -4.80. The zero-order chi connectivity index (χ0) is 24.5. The summed E-state index contributed by atoms with van der Waals surface area (Å²) in [5.74, 6) is -1.26. The smallest absolute Gasteiger partial charge is 0.487 e.